The monoisotopic (exact) mass is 970 g/mol. The largest absolute Gasteiger partial charge is 0.314 e. The molecule has 0 bridgehead atoms. The van der Waals surface area contributed by atoms with E-state index in [1.54, 1.807) is 11.1 Å². The van der Waals surface area contributed by atoms with Gasteiger partial charge in [-0.2, -0.15) is 0 Å². The normalized spacial score (nSPS) is 19.7. The van der Waals surface area contributed by atoms with Crippen LogP contribution < -0.4 is 41.4 Å². The van der Waals surface area contributed by atoms with Crippen LogP contribution in [0.3, 0.4) is 0 Å². The van der Waals surface area contributed by atoms with E-state index in [9.17, 15) is 0 Å². The molecule has 0 spiro atoms. The number of anilines is 4. The summed E-state index contributed by atoms with van der Waals surface area (Å²) in [5.41, 5.74) is 20.6. The molecule has 75 heavy (non-hydrogen) atoms. The second kappa shape index (κ2) is 16.8. The minimum absolute atomic E-state index is 0.141. The fourth-order valence-corrected chi connectivity index (χ4v) is 14.8. The first-order valence-electron chi connectivity index (χ1n) is 27.8. The second-order valence-electron chi connectivity index (χ2n) is 23.2. The zero-order valence-electron chi connectivity index (χ0n) is 43.7. The number of nitrogens with zero attached hydrogens (tertiary/aromatic N) is 3. The highest BCUT2D eigenvalue weighted by atomic mass is 15.2. The van der Waals surface area contributed by atoms with Gasteiger partial charge in [0, 0.05) is 72.2 Å². The topological polar surface area (TPSA) is 11.4 Å². The SMILES string of the molecule is CC1(C)C2=c3c(c4c5n3-c3c1cccc3C(C)(C)C=5CC(c1ccc(N(C3=CCCC=C3)C3=c5ccccc5=CCC3)c3c1C=CCC3)C=4)=CC(c1ccc(N(c3ccccc3)c3cccc4ccccc34)cc1)C2. The predicted molar refractivity (Wildman–Crippen MR) is 315 cm³/mol. The Balaban J connectivity index is 0.912. The van der Waals surface area contributed by atoms with Gasteiger partial charge in [0.1, 0.15) is 0 Å². The third-order valence-electron chi connectivity index (χ3n) is 18.5. The van der Waals surface area contributed by atoms with Gasteiger partial charge in [0.05, 0.1) is 22.1 Å². The third kappa shape index (κ3) is 6.65. The molecule has 3 heteroatoms. The van der Waals surface area contributed by atoms with E-state index < -0.39 is 0 Å². The smallest absolute Gasteiger partial charge is 0.0543 e. The molecule has 3 nitrogen and oxygen atoms in total. The quantitative estimate of drug-likeness (QED) is 0.150. The van der Waals surface area contributed by atoms with E-state index in [4.69, 9.17) is 0 Å². The van der Waals surface area contributed by atoms with Crippen molar-refractivity contribution in [3.05, 3.63) is 247 Å². The maximum atomic E-state index is 2.76. The first kappa shape index (κ1) is 44.6. The van der Waals surface area contributed by atoms with Crippen LogP contribution in [-0.2, 0) is 17.3 Å². The van der Waals surface area contributed by atoms with Crippen LogP contribution in [0, 0.1) is 0 Å². The molecule has 0 fully saturated rings. The van der Waals surface area contributed by atoms with Crippen LogP contribution >= 0.6 is 0 Å². The van der Waals surface area contributed by atoms with Crippen molar-refractivity contribution in [3.8, 4) is 5.69 Å². The van der Waals surface area contributed by atoms with E-state index in [-0.39, 0.29) is 22.7 Å². The number of para-hydroxylation sites is 2. The number of rotatable bonds is 8. The molecule has 2 atom stereocenters. The highest BCUT2D eigenvalue weighted by Gasteiger charge is 2.45. The van der Waals surface area contributed by atoms with Crippen LogP contribution in [0.25, 0.3) is 57.6 Å². The van der Waals surface area contributed by atoms with E-state index in [2.05, 4.69) is 242 Å². The number of fused-ring (bicyclic) bond motifs is 4. The fourth-order valence-electron chi connectivity index (χ4n) is 14.8. The lowest BCUT2D eigenvalue weighted by molar-refractivity contribution is 0.580. The van der Waals surface area contributed by atoms with Crippen LogP contribution in [0.15, 0.2) is 182 Å². The van der Waals surface area contributed by atoms with Gasteiger partial charge in [-0.3, -0.25) is 0 Å². The summed E-state index contributed by atoms with van der Waals surface area (Å²) in [5, 5.41) is 11.0. The Kier molecular flexibility index (Phi) is 10.00. The van der Waals surface area contributed by atoms with Gasteiger partial charge in [-0.1, -0.05) is 185 Å². The van der Waals surface area contributed by atoms with Gasteiger partial charge in [-0.25, -0.2) is 0 Å². The average Bonchev–Trinajstić information content (AvgIpc) is 4.03. The van der Waals surface area contributed by atoms with E-state index in [0.29, 0.717) is 0 Å². The number of hydrogen-bond acceptors (Lipinski definition) is 2. The molecule has 0 radical (unpaired) electrons. The van der Waals surface area contributed by atoms with Crippen molar-refractivity contribution >= 4 is 74.7 Å². The molecular formula is C72H63N3. The summed E-state index contributed by atoms with van der Waals surface area (Å²) in [6, 6.07) is 57.2. The van der Waals surface area contributed by atoms with E-state index >= 15 is 0 Å². The van der Waals surface area contributed by atoms with Crippen LogP contribution in [0.2, 0.25) is 0 Å². The summed E-state index contributed by atoms with van der Waals surface area (Å²) >= 11 is 0. The van der Waals surface area contributed by atoms with Crippen molar-refractivity contribution in [2.45, 2.75) is 102 Å². The second-order valence-corrected chi connectivity index (χ2v) is 23.2. The summed E-state index contributed by atoms with van der Waals surface area (Å²) in [7, 11) is 0. The first-order valence-corrected chi connectivity index (χ1v) is 27.8. The van der Waals surface area contributed by atoms with Crippen molar-refractivity contribution in [2.75, 3.05) is 9.80 Å². The number of allylic oxidation sites excluding steroid dienone is 4. The van der Waals surface area contributed by atoms with E-state index in [1.807, 2.05) is 0 Å². The molecule has 2 aliphatic heterocycles. The standard InChI is InChI=1S/C72H63N3/c1-71(2)61-32-19-33-62-70(61)75-68-59(42-49(44-63(68)71)46-36-38-53(39-37-46)73(51-24-7-5-8-25-51)65-34-17-22-47-20-11-13-28-55(47)65)60-43-50(45-64(69(60)75)72(62,3)4)54-40-41-67(58-31-16-15-30-57(54)58)74(52-26-9-6-10-27-52)66-35-18-23-48-21-12-14-29-56(48)66/h5,7-9,11-15,17,19-30,32-34,36-43,49-50H,6,10,16,18,31,35,44-45H2,1-4H3. The van der Waals surface area contributed by atoms with Gasteiger partial charge < -0.3 is 14.4 Å². The Morgan fingerprint density at radius 1 is 0.520 bits per heavy atom. The zero-order valence-corrected chi connectivity index (χ0v) is 43.7. The molecule has 0 amide bonds. The molecule has 0 saturated carbocycles. The maximum Gasteiger partial charge on any atom is 0.0543 e. The van der Waals surface area contributed by atoms with Crippen LogP contribution in [0.4, 0.5) is 22.7 Å². The molecule has 0 saturated heterocycles. The van der Waals surface area contributed by atoms with E-state index in [0.717, 1.165) is 62.7 Å². The third-order valence-corrected chi connectivity index (χ3v) is 18.5. The summed E-state index contributed by atoms with van der Waals surface area (Å²) < 4.78 is 2.76. The van der Waals surface area contributed by atoms with E-state index in [1.165, 1.54) is 104 Å². The predicted octanol–water partition coefficient (Wildman–Crippen LogP) is 13.3. The number of hydrogen-bond donors (Lipinski definition) is 0. The van der Waals surface area contributed by atoms with Crippen molar-refractivity contribution in [1.82, 2.24) is 4.57 Å². The number of aromatic nitrogens is 1. The lowest BCUT2D eigenvalue weighted by atomic mass is 9.65. The molecule has 0 N–H and O–H groups in total. The van der Waals surface area contributed by atoms with Crippen LogP contribution in [0.1, 0.15) is 118 Å². The fraction of sp³-hybridized carbons (Fsp3) is 0.222. The molecule has 3 heterocycles. The molecule has 1 aromatic heterocycles. The molecular weight excluding hydrogens is 907 g/mol. The molecule has 8 aromatic rings. The summed E-state index contributed by atoms with van der Waals surface area (Å²) in [5.74, 6) is 0.452. The van der Waals surface area contributed by atoms with Gasteiger partial charge in [-0.15, -0.1) is 0 Å². The van der Waals surface area contributed by atoms with Crippen molar-refractivity contribution in [3.63, 3.8) is 0 Å². The Morgan fingerprint density at radius 2 is 1.20 bits per heavy atom. The Morgan fingerprint density at radius 3 is 1.99 bits per heavy atom. The van der Waals surface area contributed by atoms with Crippen molar-refractivity contribution in [2.24, 2.45) is 0 Å². The molecule has 2 unspecified atom stereocenters. The Labute approximate surface area is 440 Å². The van der Waals surface area contributed by atoms with Gasteiger partial charge in [-0.05, 0) is 149 Å². The van der Waals surface area contributed by atoms with Crippen LogP contribution in [-0.4, -0.2) is 4.57 Å². The average molecular weight is 970 g/mol. The molecule has 7 aromatic carbocycles. The molecule has 366 valence electrons. The Bertz CT molecular complexity index is 4240. The highest BCUT2D eigenvalue weighted by molar-refractivity contribution is 5.99. The van der Waals surface area contributed by atoms with Crippen LogP contribution in [0.5, 0.6) is 0 Å². The molecule has 7 aliphatic rings. The zero-order chi connectivity index (χ0) is 50.2. The highest BCUT2D eigenvalue weighted by Crippen LogP contribution is 2.51. The summed E-state index contributed by atoms with van der Waals surface area (Å²) in [6.07, 6.45) is 28.4. The van der Waals surface area contributed by atoms with Crippen molar-refractivity contribution < 1.29 is 0 Å². The first-order chi connectivity index (χ1) is 36.7. The van der Waals surface area contributed by atoms with Gasteiger partial charge in [0.25, 0.3) is 0 Å². The summed E-state index contributed by atoms with van der Waals surface area (Å²) in [4.78, 5) is 5.09. The maximum absolute atomic E-state index is 2.76. The lowest BCUT2D eigenvalue weighted by Crippen LogP contribution is -2.49. The minimum Gasteiger partial charge on any atom is -0.314 e. The van der Waals surface area contributed by atoms with Crippen molar-refractivity contribution in [1.29, 1.82) is 0 Å². The lowest BCUT2D eigenvalue weighted by Gasteiger charge is -2.44. The van der Waals surface area contributed by atoms with Gasteiger partial charge in [0.15, 0.2) is 0 Å². The van der Waals surface area contributed by atoms with Gasteiger partial charge in [0.2, 0.25) is 0 Å². The molecule has 15 rings (SSSR count). The Hall–Kier alpha value is -7.88. The summed E-state index contributed by atoms with van der Waals surface area (Å²) in [6.45, 7) is 10.1. The number of benzene rings is 7. The van der Waals surface area contributed by atoms with Gasteiger partial charge >= 0.3 is 0 Å². The minimum atomic E-state index is -0.143. The molecule has 5 aliphatic carbocycles.